The topological polar surface area (TPSA) is 77.1 Å². The fourth-order valence-electron chi connectivity index (χ4n) is 3.05. The molecule has 1 unspecified atom stereocenters. The summed E-state index contributed by atoms with van der Waals surface area (Å²) in [4.78, 5) is 27.3. The van der Waals surface area contributed by atoms with Crippen LogP contribution in [0.25, 0.3) is 0 Å². The second kappa shape index (κ2) is 12.5. The van der Waals surface area contributed by atoms with Gasteiger partial charge in [-0.3, -0.25) is 9.59 Å². The van der Waals surface area contributed by atoms with Gasteiger partial charge in [0.1, 0.15) is 11.8 Å². The zero-order valence-corrected chi connectivity index (χ0v) is 18.7. The predicted octanol–water partition coefficient (Wildman–Crippen LogP) is 3.42. The fourth-order valence-corrected chi connectivity index (χ4v) is 3.05. The molecule has 0 saturated carbocycles. The van der Waals surface area contributed by atoms with Crippen LogP contribution in [0.2, 0.25) is 0 Å². The lowest BCUT2D eigenvalue weighted by Crippen LogP contribution is -2.49. The van der Waals surface area contributed by atoms with Crippen LogP contribution in [0.5, 0.6) is 17.2 Å². The minimum atomic E-state index is -0.656. The first-order valence-electron chi connectivity index (χ1n) is 10.5. The van der Waals surface area contributed by atoms with E-state index < -0.39 is 6.04 Å². The second-order valence-electron chi connectivity index (χ2n) is 7.13. The molecule has 0 fully saturated rings. The van der Waals surface area contributed by atoms with E-state index in [1.165, 1.54) is 4.90 Å². The monoisotopic (exact) mass is 428 g/mol. The van der Waals surface area contributed by atoms with Crippen molar-refractivity contribution in [2.45, 2.75) is 39.3 Å². The maximum Gasteiger partial charge on any atom is 0.261 e. The number of hydrogen-bond acceptors (Lipinski definition) is 5. The third-order valence-corrected chi connectivity index (χ3v) is 4.90. The Morgan fingerprint density at radius 3 is 2.45 bits per heavy atom. The molecule has 7 nitrogen and oxygen atoms in total. The van der Waals surface area contributed by atoms with Crippen molar-refractivity contribution in [1.82, 2.24) is 10.2 Å². The van der Waals surface area contributed by atoms with E-state index in [-0.39, 0.29) is 25.0 Å². The molecule has 31 heavy (non-hydrogen) atoms. The van der Waals surface area contributed by atoms with Gasteiger partial charge in [-0.05, 0) is 43.2 Å². The van der Waals surface area contributed by atoms with E-state index in [2.05, 4.69) is 12.2 Å². The van der Waals surface area contributed by atoms with E-state index in [0.29, 0.717) is 23.8 Å². The highest BCUT2D eigenvalue weighted by atomic mass is 16.5. The Morgan fingerprint density at radius 1 is 1.03 bits per heavy atom. The van der Waals surface area contributed by atoms with Gasteiger partial charge in [0.05, 0.1) is 14.2 Å². The van der Waals surface area contributed by atoms with Crippen LogP contribution in [-0.2, 0) is 16.1 Å². The number of unbranched alkanes of at least 4 members (excludes halogenated alkanes) is 1. The highest BCUT2D eigenvalue weighted by Gasteiger charge is 2.26. The number of rotatable bonds is 12. The molecule has 1 N–H and O–H groups in total. The van der Waals surface area contributed by atoms with Crippen LogP contribution in [-0.4, -0.2) is 50.1 Å². The Balaban J connectivity index is 2.16. The molecule has 7 heteroatoms. The molecule has 0 aromatic heterocycles. The van der Waals surface area contributed by atoms with E-state index in [9.17, 15) is 9.59 Å². The molecule has 0 spiro atoms. The number of carbonyl (C=O) groups is 2. The zero-order valence-electron chi connectivity index (χ0n) is 18.7. The van der Waals surface area contributed by atoms with E-state index in [1.807, 2.05) is 30.3 Å². The lowest BCUT2D eigenvalue weighted by atomic mass is 10.1. The first-order valence-corrected chi connectivity index (χ1v) is 10.5. The molecule has 2 aromatic rings. The lowest BCUT2D eigenvalue weighted by molar-refractivity contribution is -0.142. The number of carbonyl (C=O) groups excluding carboxylic acids is 2. The molecule has 0 aliphatic carbocycles. The van der Waals surface area contributed by atoms with Gasteiger partial charge in [0.25, 0.3) is 5.91 Å². The fraction of sp³-hybridized carbons (Fsp3) is 0.417. The highest BCUT2D eigenvalue weighted by molar-refractivity contribution is 5.88. The molecular formula is C24H32N2O5. The van der Waals surface area contributed by atoms with Crippen LogP contribution >= 0.6 is 0 Å². The van der Waals surface area contributed by atoms with E-state index in [1.54, 1.807) is 39.3 Å². The van der Waals surface area contributed by atoms with Crippen molar-refractivity contribution in [2.24, 2.45) is 0 Å². The maximum atomic E-state index is 13.1. The Labute approximate surface area is 184 Å². The van der Waals surface area contributed by atoms with Crippen LogP contribution in [0.15, 0.2) is 48.5 Å². The molecule has 0 heterocycles. The summed E-state index contributed by atoms with van der Waals surface area (Å²) in [6.07, 6.45) is 1.87. The average Bonchev–Trinajstić information content (AvgIpc) is 2.80. The van der Waals surface area contributed by atoms with Gasteiger partial charge < -0.3 is 24.4 Å². The summed E-state index contributed by atoms with van der Waals surface area (Å²) < 4.78 is 16.3. The number of nitrogens with zero attached hydrogens (tertiary/aromatic N) is 1. The zero-order chi connectivity index (χ0) is 22.6. The average molecular weight is 429 g/mol. The van der Waals surface area contributed by atoms with Gasteiger partial charge in [0.15, 0.2) is 18.1 Å². The normalized spacial score (nSPS) is 11.4. The number of hydrogen-bond donors (Lipinski definition) is 1. The van der Waals surface area contributed by atoms with Crippen molar-refractivity contribution in [3.63, 3.8) is 0 Å². The minimum absolute atomic E-state index is 0.193. The molecule has 2 amide bonds. The molecule has 2 rings (SSSR count). The van der Waals surface area contributed by atoms with E-state index in [4.69, 9.17) is 14.2 Å². The van der Waals surface area contributed by atoms with Crippen molar-refractivity contribution >= 4 is 11.8 Å². The second-order valence-corrected chi connectivity index (χ2v) is 7.13. The Kier molecular flexibility index (Phi) is 9.68. The number of ether oxygens (including phenoxy) is 3. The first kappa shape index (κ1) is 24.1. The lowest BCUT2D eigenvalue weighted by Gasteiger charge is -2.29. The SMILES string of the molecule is CCCCNC(=O)C(C)N(Cc1cccc(OC)c1)C(=O)COc1ccccc1OC. The van der Waals surface area contributed by atoms with Gasteiger partial charge in [-0.25, -0.2) is 0 Å². The van der Waals surface area contributed by atoms with Gasteiger partial charge in [-0.2, -0.15) is 0 Å². The van der Waals surface area contributed by atoms with Gasteiger partial charge >= 0.3 is 0 Å². The molecule has 0 aliphatic heterocycles. The highest BCUT2D eigenvalue weighted by Crippen LogP contribution is 2.26. The van der Waals surface area contributed by atoms with Gasteiger partial charge in [0, 0.05) is 13.1 Å². The van der Waals surface area contributed by atoms with Gasteiger partial charge in [-0.1, -0.05) is 37.6 Å². The van der Waals surface area contributed by atoms with Crippen molar-refractivity contribution in [3.8, 4) is 17.2 Å². The predicted molar refractivity (Wildman–Crippen MR) is 119 cm³/mol. The van der Waals surface area contributed by atoms with Crippen molar-refractivity contribution < 1.29 is 23.8 Å². The minimum Gasteiger partial charge on any atom is -0.497 e. The number of nitrogens with one attached hydrogen (secondary N) is 1. The van der Waals surface area contributed by atoms with Crippen LogP contribution < -0.4 is 19.5 Å². The van der Waals surface area contributed by atoms with Gasteiger partial charge in [0.2, 0.25) is 5.91 Å². The standard InChI is InChI=1S/C24H32N2O5/c1-5-6-14-25-24(28)18(2)26(16-19-10-9-11-20(15-19)29-3)23(27)17-31-22-13-8-7-12-21(22)30-4/h7-13,15,18H,5-6,14,16-17H2,1-4H3,(H,25,28). The third kappa shape index (κ3) is 7.20. The molecule has 168 valence electrons. The smallest absolute Gasteiger partial charge is 0.261 e. The first-order chi connectivity index (χ1) is 15.0. The number of methoxy groups -OCH3 is 2. The molecule has 0 radical (unpaired) electrons. The largest absolute Gasteiger partial charge is 0.497 e. The molecule has 2 aromatic carbocycles. The molecular weight excluding hydrogens is 396 g/mol. The molecule has 0 bridgehead atoms. The van der Waals surface area contributed by atoms with Crippen molar-refractivity contribution in [2.75, 3.05) is 27.4 Å². The van der Waals surface area contributed by atoms with Crippen LogP contribution in [0.4, 0.5) is 0 Å². The summed E-state index contributed by atoms with van der Waals surface area (Å²) in [5.74, 6) is 1.21. The summed E-state index contributed by atoms with van der Waals surface area (Å²) in [6, 6.07) is 13.9. The summed E-state index contributed by atoms with van der Waals surface area (Å²) >= 11 is 0. The number of para-hydroxylation sites is 2. The summed E-state index contributed by atoms with van der Waals surface area (Å²) in [5.41, 5.74) is 0.859. The molecule has 0 aliphatic rings. The van der Waals surface area contributed by atoms with E-state index >= 15 is 0 Å². The number of amides is 2. The Morgan fingerprint density at radius 2 is 1.77 bits per heavy atom. The van der Waals surface area contributed by atoms with Crippen molar-refractivity contribution in [1.29, 1.82) is 0 Å². The van der Waals surface area contributed by atoms with Crippen LogP contribution in [0.3, 0.4) is 0 Å². The molecule has 1 atom stereocenters. The van der Waals surface area contributed by atoms with Crippen molar-refractivity contribution in [3.05, 3.63) is 54.1 Å². The summed E-state index contributed by atoms with van der Waals surface area (Å²) in [5, 5.41) is 2.90. The third-order valence-electron chi connectivity index (χ3n) is 4.90. The summed E-state index contributed by atoms with van der Waals surface area (Å²) in [6.45, 7) is 4.41. The molecule has 0 saturated heterocycles. The van der Waals surface area contributed by atoms with Gasteiger partial charge in [-0.15, -0.1) is 0 Å². The van der Waals surface area contributed by atoms with Crippen LogP contribution in [0.1, 0.15) is 32.3 Å². The Hall–Kier alpha value is -3.22. The quantitative estimate of drug-likeness (QED) is 0.524. The number of benzene rings is 2. The Bertz CT molecular complexity index is 855. The summed E-state index contributed by atoms with van der Waals surface area (Å²) in [7, 11) is 3.13. The van der Waals surface area contributed by atoms with E-state index in [0.717, 1.165) is 18.4 Å². The maximum absolute atomic E-state index is 13.1. The van der Waals surface area contributed by atoms with Crippen LogP contribution in [0, 0.1) is 0 Å².